The minimum atomic E-state index is 0.800. The van der Waals surface area contributed by atoms with Crippen molar-refractivity contribution in [3.05, 3.63) is 41.7 Å². The van der Waals surface area contributed by atoms with Crippen molar-refractivity contribution in [2.45, 2.75) is 27.3 Å². The maximum Gasteiger partial charge on any atom is 0.143 e. The maximum absolute atomic E-state index is 6.26. The molecule has 0 aliphatic heterocycles. The molecule has 4 nitrogen and oxygen atoms in total. The van der Waals surface area contributed by atoms with Crippen LogP contribution in [-0.2, 0) is 6.54 Å². The first-order chi connectivity index (χ1) is 9.61. The predicted molar refractivity (Wildman–Crippen MR) is 82.5 cm³/mol. The van der Waals surface area contributed by atoms with Crippen LogP contribution in [0.5, 0.6) is 0 Å². The van der Waals surface area contributed by atoms with Gasteiger partial charge in [-0.2, -0.15) is 0 Å². The number of hydrogen-bond donors (Lipinski definition) is 1. The average molecular weight is 266 g/mol. The number of fused-ring (bicyclic) bond motifs is 1. The summed E-state index contributed by atoms with van der Waals surface area (Å²) in [6.45, 7) is 7.08. The fourth-order valence-corrected chi connectivity index (χ4v) is 2.67. The summed E-state index contributed by atoms with van der Waals surface area (Å²) in [5.41, 5.74) is 12.3. The average Bonchev–Trinajstić information content (AvgIpc) is 2.81. The molecule has 0 atom stereocenters. The smallest absolute Gasteiger partial charge is 0.143 e. The van der Waals surface area contributed by atoms with Crippen LogP contribution in [0.25, 0.3) is 22.4 Å². The van der Waals surface area contributed by atoms with Gasteiger partial charge in [0.25, 0.3) is 0 Å². The zero-order chi connectivity index (χ0) is 14.3. The first-order valence-electron chi connectivity index (χ1n) is 6.79. The molecule has 0 radical (unpaired) electrons. The second-order valence-electron chi connectivity index (χ2n) is 5.09. The molecule has 0 aliphatic carbocycles. The van der Waals surface area contributed by atoms with Gasteiger partial charge in [0.2, 0.25) is 0 Å². The highest BCUT2D eigenvalue weighted by molar-refractivity contribution is 5.84. The normalized spacial score (nSPS) is 11.2. The monoisotopic (exact) mass is 266 g/mol. The van der Waals surface area contributed by atoms with Crippen molar-refractivity contribution in [2.24, 2.45) is 0 Å². The number of nitrogens with zero attached hydrogens (tertiary/aromatic N) is 3. The molecule has 2 heterocycles. The number of rotatable bonds is 2. The number of hydrogen-bond acceptors (Lipinski definition) is 3. The molecular weight excluding hydrogens is 248 g/mol. The van der Waals surface area contributed by atoms with Crippen LogP contribution in [0.2, 0.25) is 0 Å². The van der Waals surface area contributed by atoms with Crippen molar-refractivity contribution < 1.29 is 0 Å². The number of pyridine rings is 1. The molecule has 4 heteroatoms. The largest absolute Gasteiger partial charge is 0.398 e. The molecular formula is C16H18N4. The lowest BCUT2D eigenvalue weighted by molar-refractivity contribution is 0.796. The van der Waals surface area contributed by atoms with Crippen LogP contribution < -0.4 is 5.73 Å². The maximum atomic E-state index is 6.26. The van der Waals surface area contributed by atoms with E-state index >= 15 is 0 Å². The van der Waals surface area contributed by atoms with Crippen molar-refractivity contribution in [2.75, 3.05) is 5.73 Å². The zero-order valence-electron chi connectivity index (χ0n) is 12.0. The lowest BCUT2D eigenvalue weighted by Gasteiger charge is -2.11. The summed E-state index contributed by atoms with van der Waals surface area (Å²) in [7, 11) is 0. The van der Waals surface area contributed by atoms with Crippen molar-refractivity contribution in [3.63, 3.8) is 0 Å². The summed E-state index contributed by atoms with van der Waals surface area (Å²) in [6, 6.07) is 6.19. The van der Waals surface area contributed by atoms with E-state index in [1.807, 2.05) is 13.0 Å². The fraction of sp³-hybridized carbons (Fsp3) is 0.250. The van der Waals surface area contributed by atoms with Gasteiger partial charge in [-0.25, -0.2) is 4.98 Å². The number of imidazole rings is 1. The van der Waals surface area contributed by atoms with Crippen molar-refractivity contribution >= 4 is 16.7 Å². The van der Waals surface area contributed by atoms with Gasteiger partial charge in [0.1, 0.15) is 11.3 Å². The SMILES string of the molecule is CCn1c(-c2cc(C)cc(C)c2N)nc2cnccc21. The summed E-state index contributed by atoms with van der Waals surface area (Å²) in [5, 5.41) is 0. The molecule has 0 spiro atoms. The fourth-order valence-electron chi connectivity index (χ4n) is 2.67. The number of nitrogens with two attached hydrogens (primary N) is 1. The van der Waals surface area contributed by atoms with Gasteiger partial charge >= 0.3 is 0 Å². The van der Waals surface area contributed by atoms with Gasteiger partial charge < -0.3 is 10.3 Å². The molecule has 3 rings (SSSR count). The van der Waals surface area contributed by atoms with Crippen LogP contribution in [0.1, 0.15) is 18.1 Å². The third kappa shape index (κ3) is 1.84. The number of aryl methyl sites for hydroxylation is 3. The number of benzene rings is 1. The summed E-state index contributed by atoms with van der Waals surface area (Å²) >= 11 is 0. The van der Waals surface area contributed by atoms with E-state index in [1.54, 1.807) is 12.4 Å². The van der Waals surface area contributed by atoms with E-state index in [-0.39, 0.29) is 0 Å². The zero-order valence-corrected chi connectivity index (χ0v) is 12.0. The second kappa shape index (κ2) is 4.63. The molecule has 0 saturated carbocycles. The van der Waals surface area contributed by atoms with Crippen LogP contribution >= 0.6 is 0 Å². The van der Waals surface area contributed by atoms with Gasteiger partial charge in [0.15, 0.2) is 0 Å². The Hall–Kier alpha value is -2.36. The Bertz CT molecular complexity index is 787. The third-order valence-electron chi connectivity index (χ3n) is 3.64. The van der Waals surface area contributed by atoms with E-state index in [0.717, 1.165) is 40.2 Å². The lowest BCUT2D eigenvalue weighted by Crippen LogP contribution is -2.02. The predicted octanol–water partition coefficient (Wildman–Crippen LogP) is 3.32. The third-order valence-corrected chi connectivity index (χ3v) is 3.64. The van der Waals surface area contributed by atoms with E-state index in [2.05, 4.69) is 35.5 Å². The Morgan fingerprint density at radius 3 is 2.80 bits per heavy atom. The van der Waals surface area contributed by atoms with Gasteiger partial charge in [-0.15, -0.1) is 0 Å². The molecule has 20 heavy (non-hydrogen) atoms. The topological polar surface area (TPSA) is 56.7 Å². The van der Waals surface area contributed by atoms with Crippen molar-refractivity contribution in [1.29, 1.82) is 0 Å². The van der Waals surface area contributed by atoms with Crippen LogP contribution in [0.15, 0.2) is 30.6 Å². The minimum absolute atomic E-state index is 0.800. The molecule has 102 valence electrons. The standard InChI is InChI=1S/C16H18N4/c1-4-20-14-5-6-18-9-13(14)19-16(20)12-8-10(2)7-11(3)15(12)17/h5-9H,4,17H2,1-3H3. The number of nitrogen functional groups attached to an aromatic ring is 1. The van der Waals surface area contributed by atoms with Gasteiger partial charge in [-0.05, 0) is 44.0 Å². The molecule has 3 aromatic rings. The van der Waals surface area contributed by atoms with Crippen LogP contribution in [0.3, 0.4) is 0 Å². The quantitative estimate of drug-likeness (QED) is 0.724. The van der Waals surface area contributed by atoms with Crippen LogP contribution in [-0.4, -0.2) is 14.5 Å². The first-order valence-corrected chi connectivity index (χ1v) is 6.79. The van der Waals surface area contributed by atoms with E-state index < -0.39 is 0 Å². The summed E-state index contributed by atoms with van der Waals surface area (Å²) in [4.78, 5) is 8.86. The molecule has 0 fully saturated rings. The van der Waals surface area contributed by atoms with Gasteiger partial charge in [-0.3, -0.25) is 4.98 Å². The van der Waals surface area contributed by atoms with Gasteiger partial charge in [0, 0.05) is 24.0 Å². The highest BCUT2D eigenvalue weighted by Crippen LogP contribution is 2.31. The summed E-state index contributed by atoms with van der Waals surface area (Å²) < 4.78 is 2.18. The van der Waals surface area contributed by atoms with E-state index in [0.29, 0.717) is 0 Å². The first kappa shape index (κ1) is 12.7. The molecule has 2 aromatic heterocycles. The summed E-state index contributed by atoms with van der Waals surface area (Å²) in [6.07, 6.45) is 3.59. The van der Waals surface area contributed by atoms with Gasteiger partial charge in [-0.1, -0.05) is 6.07 Å². The Labute approximate surface area is 118 Å². The molecule has 0 unspecified atom stereocenters. The number of anilines is 1. The molecule has 0 amide bonds. The lowest BCUT2D eigenvalue weighted by atomic mass is 10.0. The second-order valence-corrected chi connectivity index (χ2v) is 5.09. The minimum Gasteiger partial charge on any atom is -0.398 e. The van der Waals surface area contributed by atoms with E-state index in [1.165, 1.54) is 5.56 Å². The Balaban J connectivity index is 2.35. The van der Waals surface area contributed by atoms with Crippen molar-refractivity contribution in [1.82, 2.24) is 14.5 Å². The molecule has 0 saturated heterocycles. The molecule has 2 N–H and O–H groups in total. The molecule has 0 bridgehead atoms. The number of aromatic nitrogens is 3. The van der Waals surface area contributed by atoms with Gasteiger partial charge in [0.05, 0.1) is 11.7 Å². The van der Waals surface area contributed by atoms with Crippen LogP contribution in [0.4, 0.5) is 5.69 Å². The Kier molecular flexibility index (Phi) is 2.93. The molecule has 0 aliphatic rings. The highest BCUT2D eigenvalue weighted by atomic mass is 15.1. The van der Waals surface area contributed by atoms with Crippen molar-refractivity contribution in [3.8, 4) is 11.4 Å². The summed E-state index contributed by atoms with van der Waals surface area (Å²) in [5.74, 6) is 0.916. The Morgan fingerprint density at radius 2 is 2.05 bits per heavy atom. The molecule has 1 aromatic carbocycles. The highest BCUT2D eigenvalue weighted by Gasteiger charge is 2.15. The van der Waals surface area contributed by atoms with Crippen LogP contribution in [0, 0.1) is 13.8 Å². The van der Waals surface area contributed by atoms with E-state index in [9.17, 15) is 0 Å². The Morgan fingerprint density at radius 1 is 1.25 bits per heavy atom. The van der Waals surface area contributed by atoms with E-state index in [4.69, 9.17) is 10.7 Å².